The zero-order chi connectivity index (χ0) is 15.7. The van der Waals surface area contributed by atoms with Crippen LogP contribution in [-0.4, -0.2) is 11.9 Å². The van der Waals surface area contributed by atoms with Gasteiger partial charge in [0.1, 0.15) is 0 Å². The van der Waals surface area contributed by atoms with Crippen molar-refractivity contribution in [1.29, 1.82) is 0 Å². The van der Waals surface area contributed by atoms with Crippen molar-refractivity contribution < 1.29 is 4.79 Å². The average molecular weight is 334 g/mol. The minimum atomic E-state index is -1.08. The van der Waals surface area contributed by atoms with Crippen molar-refractivity contribution in [2.45, 2.75) is 12.0 Å². The maximum Gasteiger partial charge on any atom is 0.259 e. The van der Waals surface area contributed by atoms with Crippen molar-refractivity contribution in [3.8, 4) is 0 Å². The lowest BCUT2D eigenvalue weighted by Gasteiger charge is -2.24. The Morgan fingerprint density at radius 3 is 2.05 bits per heavy atom. The Bertz CT molecular complexity index is 741. The Balaban J connectivity index is 2.06. The van der Waals surface area contributed by atoms with Crippen LogP contribution in [0.3, 0.4) is 0 Å². The number of rotatable bonds is 3. The van der Waals surface area contributed by atoms with E-state index in [9.17, 15) is 4.79 Å². The summed E-state index contributed by atoms with van der Waals surface area (Å²) in [4.78, 5) is 16.9. The number of carbonyl (C=O) groups excluding carboxylic acids is 1. The molecule has 112 valence electrons. The van der Waals surface area contributed by atoms with Crippen LogP contribution < -0.4 is 11.1 Å². The van der Waals surface area contributed by atoms with Crippen LogP contribution in [0, 0.1) is 0 Å². The maximum absolute atomic E-state index is 12.5. The smallest absolute Gasteiger partial charge is 0.259 e. The number of benzene rings is 2. The molecule has 0 spiro atoms. The second kappa shape index (κ2) is 5.63. The van der Waals surface area contributed by atoms with Crippen LogP contribution in [0.5, 0.6) is 0 Å². The predicted molar refractivity (Wildman–Crippen MR) is 88.1 cm³/mol. The van der Waals surface area contributed by atoms with Crippen molar-refractivity contribution in [2.24, 2.45) is 10.7 Å². The number of halogens is 2. The summed E-state index contributed by atoms with van der Waals surface area (Å²) < 4.78 is 0. The maximum atomic E-state index is 12.5. The van der Waals surface area contributed by atoms with E-state index in [1.54, 1.807) is 36.4 Å². The Morgan fingerprint density at radius 1 is 1.00 bits per heavy atom. The summed E-state index contributed by atoms with van der Waals surface area (Å²) in [6.45, 7) is 0. The molecule has 1 aliphatic rings. The fraction of sp³-hybridized carbons (Fsp3) is 0.125. The van der Waals surface area contributed by atoms with Gasteiger partial charge in [-0.25, -0.2) is 4.99 Å². The van der Waals surface area contributed by atoms with Crippen LogP contribution in [0.15, 0.2) is 53.5 Å². The average Bonchev–Trinajstić information content (AvgIpc) is 2.77. The molecule has 0 saturated carbocycles. The highest BCUT2D eigenvalue weighted by atomic mass is 35.5. The number of aliphatic imine (C=N–C) groups is 1. The molecule has 0 aromatic heterocycles. The molecule has 0 radical (unpaired) electrons. The van der Waals surface area contributed by atoms with Gasteiger partial charge in [-0.2, -0.15) is 0 Å². The van der Waals surface area contributed by atoms with Crippen molar-refractivity contribution in [1.82, 2.24) is 5.32 Å². The van der Waals surface area contributed by atoms with Gasteiger partial charge in [0, 0.05) is 16.5 Å². The van der Waals surface area contributed by atoms with Gasteiger partial charge in [-0.3, -0.25) is 10.1 Å². The molecule has 1 amide bonds. The summed E-state index contributed by atoms with van der Waals surface area (Å²) in [7, 11) is 0. The molecule has 2 aromatic carbocycles. The number of carbonyl (C=O) groups is 1. The first-order chi connectivity index (χ1) is 10.5. The number of nitrogens with zero attached hydrogens (tertiary/aromatic N) is 1. The van der Waals surface area contributed by atoms with E-state index in [-0.39, 0.29) is 11.9 Å². The Hall–Kier alpha value is -2.04. The lowest BCUT2D eigenvalue weighted by Crippen LogP contribution is -2.40. The molecule has 0 saturated heterocycles. The van der Waals surface area contributed by atoms with Crippen molar-refractivity contribution >= 4 is 35.1 Å². The summed E-state index contributed by atoms with van der Waals surface area (Å²) in [6.07, 6.45) is 0.387. The van der Waals surface area contributed by atoms with E-state index in [4.69, 9.17) is 28.9 Å². The number of hydrogen-bond donors (Lipinski definition) is 2. The zero-order valence-corrected chi connectivity index (χ0v) is 13.0. The molecular formula is C16H13Cl2N3O. The van der Waals surface area contributed by atoms with Crippen molar-refractivity contribution in [3.63, 3.8) is 0 Å². The van der Waals surface area contributed by atoms with E-state index in [1.807, 2.05) is 12.1 Å². The summed E-state index contributed by atoms with van der Waals surface area (Å²) in [6, 6.07) is 14.4. The van der Waals surface area contributed by atoms with Gasteiger partial charge in [0.25, 0.3) is 5.91 Å². The molecule has 3 N–H and O–H groups in total. The van der Waals surface area contributed by atoms with Crippen LogP contribution in [0.4, 0.5) is 0 Å². The predicted octanol–water partition coefficient (Wildman–Crippen LogP) is 2.88. The van der Waals surface area contributed by atoms with E-state index in [0.29, 0.717) is 16.5 Å². The first-order valence-electron chi connectivity index (χ1n) is 6.67. The second-order valence-electron chi connectivity index (χ2n) is 5.12. The SMILES string of the molecule is NC1=N[C@](Cc2ccc(Cl)cc2)(c2ccc(Cl)cc2)C(=O)N1. The van der Waals surface area contributed by atoms with Crippen molar-refractivity contribution in [3.05, 3.63) is 69.7 Å². The molecule has 22 heavy (non-hydrogen) atoms. The highest BCUT2D eigenvalue weighted by Gasteiger charge is 2.44. The number of guanidine groups is 1. The van der Waals surface area contributed by atoms with Gasteiger partial charge >= 0.3 is 0 Å². The normalized spacial score (nSPS) is 20.6. The van der Waals surface area contributed by atoms with E-state index >= 15 is 0 Å². The van der Waals surface area contributed by atoms with Crippen LogP contribution >= 0.6 is 23.2 Å². The standard InChI is InChI=1S/C16H13Cl2N3O/c17-12-5-1-10(2-6-12)9-16(14(22)20-15(19)21-16)11-3-7-13(18)8-4-11/h1-8H,9H2,(H3,19,20,21,22)/t16-/m1/s1. The summed E-state index contributed by atoms with van der Waals surface area (Å²) >= 11 is 11.8. The molecule has 1 heterocycles. The highest BCUT2D eigenvalue weighted by Crippen LogP contribution is 2.34. The zero-order valence-electron chi connectivity index (χ0n) is 11.5. The van der Waals surface area contributed by atoms with Crippen LogP contribution in [-0.2, 0) is 16.8 Å². The van der Waals surface area contributed by atoms with E-state index in [1.165, 1.54) is 0 Å². The van der Waals surface area contributed by atoms with Gasteiger partial charge < -0.3 is 5.73 Å². The van der Waals surface area contributed by atoms with Crippen LogP contribution in [0.2, 0.25) is 10.0 Å². The Kier molecular flexibility index (Phi) is 3.81. The van der Waals surface area contributed by atoms with Crippen LogP contribution in [0.1, 0.15) is 11.1 Å². The third-order valence-corrected chi connectivity index (χ3v) is 4.13. The highest BCUT2D eigenvalue weighted by molar-refractivity contribution is 6.30. The number of nitrogens with one attached hydrogen (secondary N) is 1. The minimum absolute atomic E-state index is 0.119. The number of nitrogens with two attached hydrogens (primary N) is 1. The summed E-state index contributed by atoms with van der Waals surface area (Å²) in [5, 5.41) is 3.82. The van der Waals surface area contributed by atoms with Gasteiger partial charge in [-0.1, -0.05) is 47.5 Å². The molecular weight excluding hydrogens is 321 g/mol. The third kappa shape index (κ3) is 2.67. The quantitative estimate of drug-likeness (QED) is 0.906. The fourth-order valence-corrected chi connectivity index (χ4v) is 2.80. The monoisotopic (exact) mass is 333 g/mol. The molecule has 4 nitrogen and oxygen atoms in total. The molecule has 2 aromatic rings. The summed E-state index contributed by atoms with van der Waals surface area (Å²) in [5.74, 6) is -0.129. The molecule has 0 aliphatic carbocycles. The van der Waals surface area contributed by atoms with Gasteiger partial charge in [0.05, 0.1) is 0 Å². The first-order valence-corrected chi connectivity index (χ1v) is 7.42. The lowest BCUT2D eigenvalue weighted by atomic mass is 9.84. The van der Waals surface area contributed by atoms with E-state index in [0.717, 1.165) is 11.1 Å². The topological polar surface area (TPSA) is 67.5 Å². The molecule has 0 fully saturated rings. The molecule has 0 bridgehead atoms. The number of amides is 1. The second-order valence-corrected chi connectivity index (χ2v) is 5.99. The van der Waals surface area contributed by atoms with Gasteiger partial charge in [-0.05, 0) is 35.4 Å². The van der Waals surface area contributed by atoms with E-state index < -0.39 is 5.54 Å². The minimum Gasteiger partial charge on any atom is -0.370 e. The molecule has 1 atom stereocenters. The molecule has 1 aliphatic heterocycles. The van der Waals surface area contributed by atoms with Gasteiger partial charge in [0.2, 0.25) is 0 Å². The van der Waals surface area contributed by atoms with Crippen molar-refractivity contribution in [2.75, 3.05) is 0 Å². The largest absolute Gasteiger partial charge is 0.370 e. The fourth-order valence-electron chi connectivity index (χ4n) is 2.54. The molecule has 3 rings (SSSR count). The van der Waals surface area contributed by atoms with E-state index in [2.05, 4.69) is 10.3 Å². The number of hydrogen-bond acceptors (Lipinski definition) is 3. The molecule has 6 heteroatoms. The summed E-state index contributed by atoms with van der Waals surface area (Å²) in [5.41, 5.74) is 6.31. The van der Waals surface area contributed by atoms with Gasteiger partial charge in [-0.15, -0.1) is 0 Å². The lowest BCUT2D eigenvalue weighted by molar-refractivity contribution is -0.124. The molecule has 0 unspecified atom stereocenters. The Labute approximate surface area is 137 Å². The first kappa shape index (κ1) is 14.9. The third-order valence-electron chi connectivity index (χ3n) is 3.62. The van der Waals surface area contributed by atoms with Gasteiger partial charge in [0.15, 0.2) is 11.5 Å². The Morgan fingerprint density at radius 2 is 1.55 bits per heavy atom. The van der Waals surface area contributed by atoms with Crippen LogP contribution in [0.25, 0.3) is 0 Å².